The molecule has 6 nitrogen and oxygen atoms in total. The maximum atomic E-state index is 11.8. The summed E-state index contributed by atoms with van der Waals surface area (Å²) in [4.78, 5) is 23.4. The van der Waals surface area contributed by atoms with Crippen LogP contribution in [0, 0.1) is 5.92 Å². The molecule has 0 fully saturated rings. The van der Waals surface area contributed by atoms with E-state index >= 15 is 0 Å². The van der Waals surface area contributed by atoms with E-state index in [2.05, 4.69) is 10.6 Å². The lowest BCUT2D eigenvalue weighted by atomic mass is 10.2. The summed E-state index contributed by atoms with van der Waals surface area (Å²) in [5.41, 5.74) is 0.476. The monoisotopic (exact) mass is 294 g/mol. The number of hydrogen-bond acceptors (Lipinski definition) is 4. The Balaban J connectivity index is 2.71. The van der Waals surface area contributed by atoms with Crippen LogP contribution in [0.5, 0.6) is 11.5 Å². The maximum Gasteiger partial charge on any atom is 0.313 e. The van der Waals surface area contributed by atoms with Gasteiger partial charge in [-0.05, 0) is 25.0 Å². The fourth-order valence-electron chi connectivity index (χ4n) is 1.59. The van der Waals surface area contributed by atoms with Crippen molar-refractivity contribution in [1.82, 2.24) is 5.32 Å². The van der Waals surface area contributed by atoms with Crippen LogP contribution in [0.3, 0.4) is 0 Å². The van der Waals surface area contributed by atoms with Gasteiger partial charge in [-0.1, -0.05) is 13.8 Å². The first-order valence-electron chi connectivity index (χ1n) is 6.88. The van der Waals surface area contributed by atoms with E-state index in [0.29, 0.717) is 30.3 Å². The van der Waals surface area contributed by atoms with Crippen LogP contribution in [-0.2, 0) is 9.59 Å². The van der Waals surface area contributed by atoms with Gasteiger partial charge in [0.05, 0.1) is 13.7 Å². The first-order valence-corrected chi connectivity index (χ1v) is 6.88. The van der Waals surface area contributed by atoms with Crippen LogP contribution in [0.2, 0.25) is 0 Å². The van der Waals surface area contributed by atoms with Crippen LogP contribution in [0.1, 0.15) is 20.8 Å². The fourth-order valence-corrected chi connectivity index (χ4v) is 1.59. The summed E-state index contributed by atoms with van der Waals surface area (Å²) in [6.45, 7) is 6.69. The van der Waals surface area contributed by atoms with Gasteiger partial charge >= 0.3 is 11.8 Å². The molecule has 0 aromatic heterocycles. The molecule has 0 spiro atoms. The number of methoxy groups -OCH3 is 1. The maximum absolute atomic E-state index is 11.8. The van der Waals surface area contributed by atoms with Crippen LogP contribution in [0.25, 0.3) is 0 Å². The van der Waals surface area contributed by atoms with E-state index in [4.69, 9.17) is 9.47 Å². The Morgan fingerprint density at radius 3 is 2.48 bits per heavy atom. The van der Waals surface area contributed by atoms with Gasteiger partial charge in [-0.15, -0.1) is 0 Å². The minimum Gasteiger partial charge on any atom is -0.493 e. The second-order valence-electron chi connectivity index (χ2n) is 4.86. The quantitative estimate of drug-likeness (QED) is 0.784. The van der Waals surface area contributed by atoms with Gasteiger partial charge in [-0.2, -0.15) is 0 Å². The first-order chi connectivity index (χ1) is 9.97. The molecule has 0 aliphatic rings. The van der Waals surface area contributed by atoms with Crippen molar-refractivity contribution in [2.45, 2.75) is 20.8 Å². The lowest BCUT2D eigenvalue weighted by molar-refractivity contribution is -0.136. The van der Waals surface area contributed by atoms with E-state index in [1.807, 2.05) is 20.8 Å². The van der Waals surface area contributed by atoms with Gasteiger partial charge in [0.15, 0.2) is 11.5 Å². The highest BCUT2D eigenvalue weighted by Gasteiger charge is 2.15. The molecule has 1 aromatic carbocycles. The van der Waals surface area contributed by atoms with Crippen LogP contribution in [0.4, 0.5) is 5.69 Å². The minimum atomic E-state index is -0.705. The number of benzene rings is 1. The molecule has 0 atom stereocenters. The van der Waals surface area contributed by atoms with Crippen molar-refractivity contribution in [2.24, 2.45) is 5.92 Å². The van der Waals surface area contributed by atoms with Gasteiger partial charge in [-0.3, -0.25) is 9.59 Å². The van der Waals surface area contributed by atoms with Gasteiger partial charge in [0.25, 0.3) is 0 Å². The van der Waals surface area contributed by atoms with Crippen molar-refractivity contribution in [1.29, 1.82) is 0 Å². The Bertz CT molecular complexity index is 500. The summed E-state index contributed by atoms with van der Waals surface area (Å²) < 4.78 is 10.6. The molecule has 0 heterocycles. The van der Waals surface area contributed by atoms with Crippen molar-refractivity contribution in [3.8, 4) is 11.5 Å². The highest BCUT2D eigenvalue weighted by molar-refractivity contribution is 6.39. The van der Waals surface area contributed by atoms with Crippen LogP contribution >= 0.6 is 0 Å². The molecule has 0 saturated heterocycles. The third kappa shape index (κ3) is 5.33. The molecule has 0 aliphatic carbocycles. The smallest absolute Gasteiger partial charge is 0.313 e. The topological polar surface area (TPSA) is 76.7 Å². The lowest BCUT2D eigenvalue weighted by Crippen LogP contribution is -2.37. The van der Waals surface area contributed by atoms with Crippen molar-refractivity contribution in [2.75, 3.05) is 25.6 Å². The Morgan fingerprint density at radius 1 is 1.19 bits per heavy atom. The molecular weight excluding hydrogens is 272 g/mol. The van der Waals surface area contributed by atoms with Crippen molar-refractivity contribution in [3.63, 3.8) is 0 Å². The van der Waals surface area contributed by atoms with E-state index in [1.165, 1.54) is 7.11 Å². The first kappa shape index (κ1) is 16.8. The van der Waals surface area contributed by atoms with Gasteiger partial charge in [0, 0.05) is 18.3 Å². The average molecular weight is 294 g/mol. The summed E-state index contributed by atoms with van der Waals surface area (Å²) in [6.07, 6.45) is 0. The molecule has 0 bridgehead atoms. The summed E-state index contributed by atoms with van der Waals surface area (Å²) in [6, 6.07) is 4.94. The molecular formula is C15H22N2O4. The fraction of sp³-hybridized carbons (Fsp3) is 0.467. The second-order valence-corrected chi connectivity index (χ2v) is 4.86. The zero-order chi connectivity index (χ0) is 15.8. The Hall–Kier alpha value is -2.24. The van der Waals surface area contributed by atoms with Crippen molar-refractivity contribution >= 4 is 17.5 Å². The summed E-state index contributed by atoms with van der Waals surface area (Å²) in [5, 5.41) is 5.09. The van der Waals surface area contributed by atoms with E-state index in [-0.39, 0.29) is 5.92 Å². The molecule has 6 heteroatoms. The predicted molar refractivity (Wildman–Crippen MR) is 80.6 cm³/mol. The molecule has 0 saturated carbocycles. The largest absolute Gasteiger partial charge is 0.493 e. The Morgan fingerprint density at radius 2 is 1.90 bits per heavy atom. The third-order valence-corrected chi connectivity index (χ3v) is 2.60. The molecule has 21 heavy (non-hydrogen) atoms. The van der Waals surface area contributed by atoms with Crippen molar-refractivity contribution in [3.05, 3.63) is 18.2 Å². The number of amides is 2. The normalized spacial score (nSPS) is 10.1. The zero-order valence-electron chi connectivity index (χ0n) is 12.9. The Kier molecular flexibility index (Phi) is 6.52. The van der Waals surface area contributed by atoms with Gasteiger partial charge in [0.2, 0.25) is 0 Å². The van der Waals surface area contributed by atoms with E-state index in [1.54, 1.807) is 18.2 Å². The molecule has 1 aromatic rings. The molecule has 0 radical (unpaired) electrons. The zero-order valence-corrected chi connectivity index (χ0v) is 12.9. The molecule has 2 amide bonds. The van der Waals surface area contributed by atoms with Gasteiger partial charge in [0.1, 0.15) is 0 Å². The number of nitrogens with one attached hydrogen (secondary N) is 2. The number of hydrogen-bond donors (Lipinski definition) is 2. The molecule has 0 aliphatic heterocycles. The molecule has 0 unspecified atom stereocenters. The molecule has 1 rings (SSSR count). The predicted octanol–water partition coefficient (Wildman–Crippen LogP) is 1.80. The highest BCUT2D eigenvalue weighted by Crippen LogP contribution is 2.30. The summed E-state index contributed by atoms with van der Waals surface area (Å²) in [7, 11) is 1.54. The molecule has 2 N–H and O–H groups in total. The number of carbonyl (C=O) groups excluding carboxylic acids is 2. The van der Waals surface area contributed by atoms with E-state index in [0.717, 1.165) is 0 Å². The Labute approximate surface area is 124 Å². The van der Waals surface area contributed by atoms with Crippen LogP contribution < -0.4 is 20.1 Å². The van der Waals surface area contributed by atoms with E-state index < -0.39 is 11.8 Å². The van der Waals surface area contributed by atoms with Crippen LogP contribution in [0.15, 0.2) is 18.2 Å². The van der Waals surface area contributed by atoms with Crippen molar-refractivity contribution < 1.29 is 19.1 Å². The highest BCUT2D eigenvalue weighted by atomic mass is 16.5. The van der Waals surface area contributed by atoms with Gasteiger partial charge in [-0.25, -0.2) is 0 Å². The summed E-state index contributed by atoms with van der Waals surface area (Å²) in [5.74, 6) is 0.00698. The summed E-state index contributed by atoms with van der Waals surface area (Å²) >= 11 is 0. The van der Waals surface area contributed by atoms with Gasteiger partial charge < -0.3 is 20.1 Å². The standard InChI is InChI=1S/C15H22N2O4/c1-5-21-13-8-11(6-7-12(13)20-4)17-15(19)14(18)16-9-10(2)3/h6-8,10H,5,9H2,1-4H3,(H,16,18)(H,17,19). The number of rotatable bonds is 6. The minimum absolute atomic E-state index is 0.285. The van der Waals surface area contributed by atoms with Crippen LogP contribution in [-0.4, -0.2) is 32.1 Å². The number of carbonyl (C=O) groups is 2. The second kappa shape index (κ2) is 8.14. The lowest BCUT2D eigenvalue weighted by Gasteiger charge is -2.12. The average Bonchev–Trinajstić information content (AvgIpc) is 2.45. The third-order valence-electron chi connectivity index (χ3n) is 2.60. The van der Waals surface area contributed by atoms with E-state index in [9.17, 15) is 9.59 Å². The molecule has 116 valence electrons. The number of anilines is 1. The number of ether oxygens (including phenoxy) is 2. The SMILES string of the molecule is CCOc1cc(NC(=O)C(=O)NCC(C)C)ccc1OC.